The van der Waals surface area contributed by atoms with E-state index in [9.17, 15) is 9.59 Å². The molecular weight excluding hydrogens is 342 g/mol. The highest BCUT2D eigenvalue weighted by Gasteiger charge is 2.26. The van der Waals surface area contributed by atoms with Crippen molar-refractivity contribution in [3.63, 3.8) is 0 Å². The molecule has 2 amide bonds. The highest BCUT2D eigenvalue weighted by atomic mass is 16.2. The van der Waals surface area contributed by atoms with Crippen molar-refractivity contribution >= 4 is 17.6 Å². The maximum absolute atomic E-state index is 12.3. The van der Waals surface area contributed by atoms with Gasteiger partial charge in [-0.05, 0) is 55.4 Å². The number of hydrogen-bond acceptors (Lipinski definition) is 5. The van der Waals surface area contributed by atoms with E-state index in [0.29, 0.717) is 30.4 Å². The molecule has 1 aliphatic carbocycles. The summed E-state index contributed by atoms with van der Waals surface area (Å²) in [5.41, 5.74) is 7.04. The van der Waals surface area contributed by atoms with Gasteiger partial charge in [-0.15, -0.1) is 0 Å². The minimum atomic E-state index is -0.140. The van der Waals surface area contributed by atoms with Crippen molar-refractivity contribution in [2.75, 3.05) is 12.3 Å². The molecule has 3 rings (SSSR count). The fourth-order valence-corrected chi connectivity index (χ4v) is 3.34. The minimum absolute atomic E-state index is 0.0509. The van der Waals surface area contributed by atoms with E-state index in [1.54, 1.807) is 24.5 Å². The van der Waals surface area contributed by atoms with Gasteiger partial charge in [0, 0.05) is 37.6 Å². The van der Waals surface area contributed by atoms with Crippen molar-refractivity contribution in [3.8, 4) is 0 Å². The molecular formula is C20H25N5O2. The smallest absolute Gasteiger partial charge is 0.252 e. The highest BCUT2D eigenvalue weighted by Crippen LogP contribution is 2.28. The number of anilines is 1. The van der Waals surface area contributed by atoms with E-state index in [-0.39, 0.29) is 17.7 Å². The summed E-state index contributed by atoms with van der Waals surface area (Å²) in [6.07, 6.45) is 8.53. The van der Waals surface area contributed by atoms with Crippen LogP contribution in [0.15, 0.2) is 42.9 Å². The molecule has 1 aliphatic rings. The van der Waals surface area contributed by atoms with Gasteiger partial charge in [0.05, 0.1) is 5.56 Å². The van der Waals surface area contributed by atoms with Crippen LogP contribution >= 0.6 is 0 Å². The van der Waals surface area contributed by atoms with Gasteiger partial charge in [0.15, 0.2) is 0 Å². The van der Waals surface area contributed by atoms with Gasteiger partial charge in [-0.3, -0.25) is 14.6 Å². The summed E-state index contributed by atoms with van der Waals surface area (Å²) in [6, 6.07) is 7.09. The average molecular weight is 367 g/mol. The number of pyridine rings is 2. The number of amides is 2. The maximum Gasteiger partial charge on any atom is 0.252 e. The lowest BCUT2D eigenvalue weighted by molar-refractivity contribution is -0.126. The van der Waals surface area contributed by atoms with Crippen molar-refractivity contribution in [2.45, 2.75) is 32.2 Å². The van der Waals surface area contributed by atoms with Crippen molar-refractivity contribution in [1.29, 1.82) is 0 Å². The second-order valence-corrected chi connectivity index (χ2v) is 6.98. The molecule has 0 atom stereocenters. The quantitative estimate of drug-likeness (QED) is 0.722. The van der Waals surface area contributed by atoms with E-state index < -0.39 is 0 Å². The minimum Gasteiger partial charge on any atom is -0.384 e. The second-order valence-electron chi connectivity index (χ2n) is 6.98. The van der Waals surface area contributed by atoms with Gasteiger partial charge in [0.1, 0.15) is 5.82 Å². The fraction of sp³-hybridized carbons (Fsp3) is 0.400. The molecule has 4 N–H and O–H groups in total. The summed E-state index contributed by atoms with van der Waals surface area (Å²) in [7, 11) is 0. The Labute approximate surface area is 158 Å². The summed E-state index contributed by atoms with van der Waals surface area (Å²) < 4.78 is 0. The van der Waals surface area contributed by atoms with E-state index in [2.05, 4.69) is 20.6 Å². The van der Waals surface area contributed by atoms with Crippen LogP contribution in [0.5, 0.6) is 0 Å². The second kappa shape index (κ2) is 9.12. The Balaban J connectivity index is 1.37. The number of rotatable bonds is 6. The molecule has 2 aromatic heterocycles. The highest BCUT2D eigenvalue weighted by molar-refractivity contribution is 5.94. The third-order valence-corrected chi connectivity index (χ3v) is 5.01. The number of hydrogen-bond donors (Lipinski definition) is 3. The largest absolute Gasteiger partial charge is 0.384 e. The van der Waals surface area contributed by atoms with Gasteiger partial charge >= 0.3 is 0 Å². The lowest BCUT2D eigenvalue weighted by Crippen LogP contribution is -2.36. The Bertz CT molecular complexity index is 756. The third-order valence-electron chi connectivity index (χ3n) is 5.01. The molecule has 0 unspecified atom stereocenters. The SMILES string of the molecule is Nc1ccc(C(=O)NCC2CCC(C(=O)NCc3cccnc3)CC2)cn1. The summed E-state index contributed by atoms with van der Waals surface area (Å²) in [5, 5.41) is 5.95. The molecule has 0 aromatic carbocycles. The number of nitrogens with zero attached hydrogens (tertiary/aromatic N) is 2. The van der Waals surface area contributed by atoms with E-state index in [1.165, 1.54) is 6.20 Å². The molecule has 2 heterocycles. The van der Waals surface area contributed by atoms with E-state index in [4.69, 9.17) is 5.73 Å². The first-order valence-electron chi connectivity index (χ1n) is 9.28. The topological polar surface area (TPSA) is 110 Å². The van der Waals surface area contributed by atoms with E-state index >= 15 is 0 Å². The van der Waals surface area contributed by atoms with Crippen LogP contribution in [0.4, 0.5) is 5.82 Å². The molecule has 0 bridgehead atoms. The van der Waals surface area contributed by atoms with Gasteiger partial charge in [-0.2, -0.15) is 0 Å². The lowest BCUT2D eigenvalue weighted by atomic mass is 9.81. The molecule has 0 radical (unpaired) electrons. The molecule has 2 aromatic rings. The average Bonchev–Trinajstić information content (AvgIpc) is 2.72. The van der Waals surface area contributed by atoms with Crippen molar-refractivity contribution < 1.29 is 9.59 Å². The van der Waals surface area contributed by atoms with Crippen LogP contribution in [0.25, 0.3) is 0 Å². The molecule has 142 valence electrons. The van der Waals surface area contributed by atoms with Crippen molar-refractivity contribution in [2.24, 2.45) is 11.8 Å². The Hall–Kier alpha value is -2.96. The number of carbonyl (C=O) groups excluding carboxylic acids is 2. The number of nitrogens with two attached hydrogens (primary N) is 1. The number of aromatic nitrogens is 2. The normalized spacial score (nSPS) is 19.3. The Morgan fingerprint density at radius 1 is 1.07 bits per heavy atom. The maximum atomic E-state index is 12.3. The van der Waals surface area contributed by atoms with Gasteiger partial charge in [-0.1, -0.05) is 6.07 Å². The molecule has 7 nitrogen and oxygen atoms in total. The van der Waals surface area contributed by atoms with Crippen LogP contribution in [-0.4, -0.2) is 28.3 Å². The standard InChI is InChI=1S/C20H25N5O2/c21-18-8-7-17(13-23-18)20(27)24-11-14-3-5-16(6-4-14)19(26)25-12-15-2-1-9-22-10-15/h1-2,7-10,13-14,16H,3-6,11-12H2,(H2,21,23)(H,24,27)(H,25,26). The number of nitrogen functional groups attached to an aromatic ring is 1. The van der Waals surface area contributed by atoms with Crippen LogP contribution in [0.3, 0.4) is 0 Å². The molecule has 0 aliphatic heterocycles. The van der Waals surface area contributed by atoms with Gasteiger partial charge < -0.3 is 16.4 Å². The number of nitrogens with one attached hydrogen (secondary N) is 2. The van der Waals surface area contributed by atoms with Crippen LogP contribution in [0.1, 0.15) is 41.6 Å². The van der Waals surface area contributed by atoms with Crippen molar-refractivity contribution in [1.82, 2.24) is 20.6 Å². The Kier molecular flexibility index (Phi) is 6.35. The monoisotopic (exact) mass is 367 g/mol. The summed E-state index contributed by atoms with van der Waals surface area (Å²) >= 11 is 0. The third kappa shape index (κ3) is 5.51. The molecule has 27 heavy (non-hydrogen) atoms. The van der Waals surface area contributed by atoms with Crippen LogP contribution in [0, 0.1) is 11.8 Å². The summed E-state index contributed by atoms with van der Waals surface area (Å²) in [4.78, 5) is 32.5. The summed E-state index contributed by atoms with van der Waals surface area (Å²) in [6.45, 7) is 1.13. The van der Waals surface area contributed by atoms with E-state index in [1.807, 2.05) is 12.1 Å². The fourth-order valence-electron chi connectivity index (χ4n) is 3.34. The van der Waals surface area contributed by atoms with Crippen LogP contribution < -0.4 is 16.4 Å². The van der Waals surface area contributed by atoms with Gasteiger partial charge in [0.2, 0.25) is 5.91 Å². The summed E-state index contributed by atoms with van der Waals surface area (Å²) in [5.74, 6) is 0.813. The van der Waals surface area contributed by atoms with Crippen LogP contribution in [-0.2, 0) is 11.3 Å². The first-order chi connectivity index (χ1) is 13.1. The Morgan fingerprint density at radius 3 is 2.56 bits per heavy atom. The zero-order valence-corrected chi connectivity index (χ0v) is 15.2. The van der Waals surface area contributed by atoms with Crippen molar-refractivity contribution in [3.05, 3.63) is 54.0 Å². The predicted molar refractivity (Wildman–Crippen MR) is 103 cm³/mol. The molecule has 0 saturated heterocycles. The van der Waals surface area contributed by atoms with E-state index in [0.717, 1.165) is 31.2 Å². The predicted octanol–water partition coefficient (Wildman–Crippen LogP) is 1.91. The lowest BCUT2D eigenvalue weighted by Gasteiger charge is -2.28. The van der Waals surface area contributed by atoms with Gasteiger partial charge in [-0.25, -0.2) is 4.98 Å². The molecule has 1 saturated carbocycles. The first kappa shape index (κ1) is 18.8. The first-order valence-corrected chi connectivity index (χ1v) is 9.28. The molecule has 0 spiro atoms. The Morgan fingerprint density at radius 2 is 1.89 bits per heavy atom. The molecule has 1 fully saturated rings. The molecule has 7 heteroatoms. The number of carbonyl (C=O) groups is 2. The van der Waals surface area contributed by atoms with Crippen LogP contribution in [0.2, 0.25) is 0 Å². The zero-order chi connectivity index (χ0) is 19.1. The van der Waals surface area contributed by atoms with Gasteiger partial charge in [0.25, 0.3) is 5.91 Å². The zero-order valence-electron chi connectivity index (χ0n) is 15.2.